The molecule has 2 aromatic carbocycles. The van der Waals surface area contributed by atoms with Gasteiger partial charge in [-0.05, 0) is 43.2 Å². The minimum atomic E-state index is -3.71. The lowest BCUT2D eigenvalue weighted by Gasteiger charge is -2.30. The highest BCUT2D eigenvalue weighted by Crippen LogP contribution is 2.34. The Bertz CT molecular complexity index is 1090. The summed E-state index contributed by atoms with van der Waals surface area (Å²) >= 11 is 6.01. The lowest BCUT2D eigenvalue weighted by molar-refractivity contribution is 0.305. The number of piperidine rings is 1. The molecule has 0 saturated carbocycles. The van der Waals surface area contributed by atoms with Crippen LogP contribution in [-0.4, -0.2) is 43.1 Å². The standard InChI is InChI=1S/C20H20ClN3O4S/c1-27-17-8-7-16(21)13-18(17)29(25,26)24-11-9-14(10-12-24)19-22-20(28-23-19)15-5-3-2-4-6-15/h2-8,13-14H,9-12H2,1H3. The molecule has 2 heterocycles. The molecule has 3 aromatic rings. The van der Waals surface area contributed by atoms with Crippen molar-refractivity contribution in [3.63, 3.8) is 0 Å². The van der Waals surface area contributed by atoms with Crippen LogP contribution >= 0.6 is 11.6 Å². The summed E-state index contributed by atoms with van der Waals surface area (Å²) in [6.07, 6.45) is 1.21. The molecule has 0 amide bonds. The van der Waals surface area contributed by atoms with E-state index < -0.39 is 10.0 Å². The van der Waals surface area contributed by atoms with Crippen molar-refractivity contribution in [1.82, 2.24) is 14.4 Å². The van der Waals surface area contributed by atoms with Crippen LogP contribution in [0.3, 0.4) is 0 Å². The van der Waals surface area contributed by atoms with Crippen molar-refractivity contribution in [3.8, 4) is 17.2 Å². The molecule has 0 spiro atoms. The van der Waals surface area contributed by atoms with Gasteiger partial charge in [0.2, 0.25) is 10.0 Å². The van der Waals surface area contributed by atoms with Crippen LogP contribution in [-0.2, 0) is 10.0 Å². The first-order valence-corrected chi connectivity index (χ1v) is 11.0. The number of sulfonamides is 1. The van der Waals surface area contributed by atoms with Crippen LogP contribution in [0.4, 0.5) is 0 Å². The van der Waals surface area contributed by atoms with Gasteiger partial charge in [0.25, 0.3) is 5.89 Å². The molecule has 1 aliphatic rings. The number of ether oxygens (including phenoxy) is 1. The number of nitrogens with zero attached hydrogens (tertiary/aromatic N) is 3. The molecule has 0 bridgehead atoms. The molecule has 0 unspecified atom stereocenters. The predicted octanol–water partition coefficient (Wildman–Crippen LogP) is 3.97. The first-order chi connectivity index (χ1) is 14.0. The topological polar surface area (TPSA) is 85.5 Å². The first kappa shape index (κ1) is 19.9. The fourth-order valence-corrected chi connectivity index (χ4v) is 5.33. The maximum absolute atomic E-state index is 13.1. The van der Waals surface area contributed by atoms with Crippen molar-refractivity contribution in [2.45, 2.75) is 23.7 Å². The van der Waals surface area contributed by atoms with Crippen LogP contribution in [0.25, 0.3) is 11.5 Å². The molecule has 0 aliphatic carbocycles. The van der Waals surface area contributed by atoms with Gasteiger partial charge in [-0.3, -0.25) is 0 Å². The van der Waals surface area contributed by atoms with Gasteiger partial charge in [0.05, 0.1) is 7.11 Å². The zero-order valence-corrected chi connectivity index (χ0v) is 17.4. The van der Waals surface area contributed by atoms with Gasteiger partial charge in [-0.15, -0.1) is 0 Å². The Morgan fingerprint density at radius 2 is 1.86 bits per heavy atom. The molecule has 1 aliphatic heterocycles. The fraction of sp³-hybridized carbons (Fsp3) is 0.300. The monoisotopic (exact) mass is 433 g/mol. The van der Waals surface area contributed by atoms with Crippen molar-refractivity contribution < 1.29 is 17.7 Å². The van der Waals surface area contributed by atoms with E-state index in [9.17, 15) is 8.42 Å². The maximum atomic E-state index is 13.1. The van der Waals surface area contributed by atoms with Crippen LogP contribution in [0.2, 0.25) is 5.02 Å². The third kappa shape index (κ3) is 4.01. The maximum Gasteiger partial charge on any atom is 0.257 e. The van der Waals surface area contributed by atoms with Crippen molar-refractivity contribution >= 4 is 21.6 Å². The van der Waals surface area contributed by atoms with Gasteiger partial charge in [0.1, 0.15) is 10.6 Å². The zero-order valence-electron chi connectivity index (χ0n) is 15.8. The van der Waals surface area contributed by atoms with Gasteiger partial charge in [-0.25, -0.2) is 8.42 Å². The Balaban J connectivity index is 1.49. The van der Waals surface area contributed by atoms with E-state index in [0.717, 1.165) is 5.56 Å². The quantitative estimate of drug-likeness (QED) is 0.605. The normalized spacial score (nSPS) is 16.1. The van der Waals surface area contributed by atoms with Crippen LogP contribution in [0.15, 0.2) is 57.9 Å². The number of halogens is 1. The summed E-state index contributed by atoms with van der Waals surface area (Å²) in [6.45, 7) is 0.718. The third-order valence-corrected chi connectivity index (χ3v) is 7.18. The van der Waals surface area contributed by atoms with Gasteiger partial charge in [-0.2, -0.15) is 9.29 Å². The van der Waals surface area contributed by atoms with E-state index in [1.54, 1.807) is 12.1 Å². The molecule has 0 atom stereocenters. The summed E-state index contributed by atoms with van der Waals surface area (Å²) in [6, 6.07) is 14.1. The molecule has 0 N–H and O–H groups in total. The van der Waals surface area contributed by atoms with Gasteiger partial charge >= 0.3 is 0 Å². The molecule has 9 heteroatoms. The van der Waals surface area contributed by atoms with Crippen LogP contribution in [0, 0.1) is 0 Å². The molecule has 1 aromatic heterocycles. The van der Waals surface area contributed by atoms with Crippen LogP contribution in [0.5, 0.6) is 5.75 Å². The number of methoxy groups -OCH3 is 1. The number of benzene rings is 2. The summed E-state index contributed by atoms with van der Waals surface area (Å²) in [5, 5.41) is 4.46. The zero-order chi connectivity index (χ0) is 20.4. The third-order valence-electron chi connectivity index (χ3n) is 5.03. The Morgan fingerprint density at radius 1 is 1.14 bits per heavy atom. The summed E-state index contributed by atoms with van der Waals surface area (Å²) < 4.78 is 38.2. The molecular formula is C20H20ClN3O4S. The van der Waals surface area contributed by atoms with E-state index in [0.29, 0.717) is 42.7 Å². The minimum absolute atomic E-state index is 0.0453. The Morgan fingerprint density at radius 3 is 2.55 bits per heavy atom. The van der Waals surface area contributed by atoms with E-state index >= 15 is 0 Å². The highest BCUT2D eigenvalue weighted by Gasteiger charge is 2.33. The van der Waals surface area contributed by atoms with E-state index in [-0.39, 0.29) is 16.6 Å². The molecule has 152 valence electrons. The Kier molecular flexibility index (Phi) is 5.58. The highest BCUT2D eigenvalue weighted by molar-refractivity contribution is 7.89. The average Bonchev–Trinajstić information content (AvgIpc) is 3.25. The van der Waals surface area contributed by atoms with Gasteiger partial charge in [0, 0.05) is 29.6 Å². The molecule has 1 fully saturated rings. The SMILES string of the molecule is COc1ccc(Cl)cc1S(=O)(=O)N1CCC(c2noc(-c3ccccc3)n2)CC1. The van der Waals surface area contributed by atoms with Gasteiger partial charge in [-0.1, -0.05) is 35.0 Å². The highest BCUT2D eigenvalue weighted by atomic mass is 35.5. The molecule has 29 heavy (non-hydrogen) atoms. The van der Waals surface area contributed by atoms with E-state index in [4.69, 9.17) is 20.9 Å². The van der Waals surface area contributed by atoms with Gasteiger partial charge in [0.15, 0.2) is 5.82 Å². The lowest BCUT2D eigenvalue weighted by atomic mass is 9.97. The molecule has 4 rings (SSSR count). The Labute approximate surface area is 174 Å². The van der Waals surface area contributed by atoms with Crippen molar-refractivity contribution in [2.75, 3.05) is 20.2 Å². The van der Waals surface area contributed by atoms with E-state index in [1.165, 1.54) is 17.5 Å². The smallest absolute Gasteiger partial charge is 0.257 e. The number of hydrogen-bond acceptors (Lipinski definition) is 6. The Hall–Kier alpha value is -2.42. The van der Waals surface area contributed by atoms with Crippen LogP contribution in [0.1, 0.15) is 24.6 Å². The number of aromatic nitrogens is 2. The van der Waals surface area contributed by atoms with Crippen molar-refractivity contribution in [3.05, 3.63) is 59.4 Å². The summed E-state index contributed by atoms with van der Waals surface area (Å²) in [5.41, 5.74) is 0.860. The first-order valence-electron chi connectivity index (χ1n) is 9.22. The fourth-order valence-electron chi connectivity index (χ4n) is 3.44. The summed E-state index contributed by atoms with van der Waals surface area (Å²) in [4.78, 5) is 4.59. The summed E-state index contributed by atoms with van der Waals surface area (Å²) in [5.74, 6) is 1.41. The predicted molar refractivity (Wildman–Crippen MR) is 108 cm³/mol. The van der Waals surface area contributed by atoms with Crippen molar-refractivity contribution in [2.24, 2.45) is 0 Å². The van der Waals surface area contributed by atoms with Crippen LogP contribution < -0.4 is 4.74 Å². The summed E-state index contributed by atoms with van der Waals surface area (Å²) in [7, 11) is -2.27. The average molecular weight is 434 g/mol. The number of hydrogen-bond donors (Lipinski definition) is 0. The lowest BCUT2D eigenvalue weighted by Crippen LogP contribution is -2.38. The number of rotatable bonds is 5. The second kappa shape index (κ2) is 8.14. The molecular weight excluding hydrogens is 414 g/mol. The second-order valence-corrected chi connectivity index (χ2v) is 9.14. The molecule has 1 saturated heterocycles. The minimum Gasteiger partial charge on any atom is -0.495 e. The second-order valence-electron chi connectivity index (χ2n) is 6.80. The van der Waals surface area contributed by atoms with Crippen molar-refractivity contribution in [1.29, 1.82) is 0 Å². The molecule has 0 radical (unpaired) electrons. The van der Waals surface area contributed by atoms with E-state index in [1.807, 2.05) is 30.3 Å². The largest absolute Gasteiger partial charge is 0.495 e. The van der Waals surface area contributed by atoms with Gasteiger partial charge < -0.3 is 9.26 Å². The molecule has 7 nitrogen and oxygen atoms in total. The van der Waals surface area contributed by atoms with E-state index in [2.05, 4.69) is 10.1 Å².